The summed E-state index contributed by atoms with van der Waals surface area (Å²) in [5.41, 5.74) is 1.14. The third-order valence-electron chi connectivity index (χ3n) is 5.45. The van der Waals surface area contributed by atoms with Gasteiger partial charge in [0, 0.05) is 12.0 Å². The largest absolute Gasteiger partial charge is 0.459 e. The van der Waals surface area contributed by atoms with Crippen LogP contribution in [0.5, 0.6) is 0 Å². The van der Waals surface area contributed by atoms with Crippen LogP contribution >= 0.6 is 0 Å². The molecule has 2 aliphatic heterocycles. The van der Waals surface area contributed by atoms with Gasteiger partial charge in [0.2, 0.25) is 0 Å². The molecule has 2 saturated heterocycles. The van der Waals surface area contributed by atoms with E-state index in [9.17, 15) is 14.7 Å². The van der Waals surface area contributed by atoms with Crippen LogP contribution < -0.4 is 0 Å². The molecule has 0 spiro atoms. The van der Waals surface area contributed by atoms with Gasteiger partial charge in [-0.25, -0.2) is 9.59 Å². The lowest BCUT2D eigenvalue weighted by atomic mass is 9.85. The molecule has 6 atom stereocenters. The van der Waals surface area contributed by atoms with Crippen molar-refractivity contribution in [2.45, 2.75) is 70.6 Å². The average Bonchev–Trinajstić information content (AvgIpc) is 3.04. The first-order valence-corrected chi connectivity index (χ1v) is 8.93. The molecular weight excluding hydrogens is 336 g/mol. The zero-order valence-corrected chi connectivity index (χ0v) is 15.7. The molecule has 3 aliphatic rings. The lowest BCUT2D eigenvalue weighted by Crippen LogP contribution is -2.37. The molecule has 26 heavy (non-hydrogen) atoms. The molecule has 2 heterocycles. The first kappa shape index (κ1) is 18.9. The third-order valence-corrected chi connectivity index (χ3v) is 5.45. The van der Waals surface area contributed by atoms with Crippen molar-refractivity contribution in [3.63, 3.8) is 0 Å². The molecule has 1 aliphatic carbocycles. The van der Waals surface area contributed by atoms with E-state index in [0.29, 0.717) is 18.4 Å². The molecule has 142 valence electrons. The highest BCUT2D eigenvalue weighted by Crippen LogP contribution is 2.40. The van der Waals surface area contributed by atoms with E-state index in [4.69, 9.17) is 14.2 Å². The van der Waals surface area contributed by atoms with Crippen molar-refractivity contribution in [1.29, 1.82) is 0 Å². The van der Waals surface area contributed by atoms with Crippen molar-refractivity contribution in [3.05, 3.63) is 35.5 Å². The van der Waals surface area contributed by atoms with Crippen molar-refractivity contribution >= 4 is 11.9 Å². The highest BCUT2D eigenvalue weighted by molar-refractivity contribution is 5.91. The van der Waals surface area contributed by atoms with Gasteiger partial charge in [-0.3, -0.25) is 0 Å². The maximum Gasteiger partial charge on any atom is 0.341 e. The van der Waals surface area contributed by atoms with Gasteiger partial charge in [-0.05, 0) is 40.2 Å². The lowest BCUT2D eigenvalue weighted by molar-refractivity contribution is -0.157. The van der Waals surface area contributed by atoms with Crippen LogP contribution in [0.15, 0.2) is 35.5 Å². The van der Waals surface area contributed by atoms with E-state index in [0.717, 1.165) is 11.1 Å². The number of fused-ring (bicyclic) bond motifs is 1. The third kappa shape index (κ3) is 3.48. The van der Waals surface area contributed by atoms with E-state index in [1.54, 1.807) is 13.0 Å². The fourth-order valence-corrected chi connectivity index (χ4v) is 3.68. The fraction of sp³-hybridized carbons (Fsp3) is 0.600. The van der Waals surface area contributed by atoms with Gasteiger partial charge in [0.15, 0.2) is 5.60 Å². The Labute approximate surface area is 153 Å². The topological polar surface area (TPSA) is 85.4 Å². The normalized spacial score (nSPS) is 44.1. The van der Waals surface area contributed by atoms with Crippen molar-refractivity contribution in [2.75, 3.05) is 0 Å². The minimum Gasteiger partial charge on any atom is -0.459 e. The number of hydrogen-bond donors (Lipinski definition) is 1. The van der Waals surface area contributed by atoms with Crippen molar-refractivity contribution in [2.24, 2.45) is 5.92 Å². The molecule has 0 unspecified atom stereocenters. The van der Waals surface area contributed by atoms with Crippen LogP contribution in [-0.4, -0.2) is 47.1 Å². The van der Waals surface area contributed by atoms with Crippen molar-refractivity contribution in [3.8, 4) is 0 Å². The summed E-state index contributed by atoms with van der Waals surface area (Å²) in [5, 5.41) is 10.2. The summed E-state index contributed by atoms with van der Waals surface area (Å²) in [4.78, 5) is 24.7. The Bertz CT molecular complexity index is 705. The smallest absolute Gasteiger partial charge is 0.341 e. The summed E-state index contributed by atoms with van der Waals surface area (Å²) >= 11 is 0. The minimum absolute atomic E-state index is 0.199. The highest BCUT2D eigenvalue weighted by atomic mass is 16.7. The predicted molar refractivity (Wildman–Crippen MR) is 94.1 cm³/mol. The molecule has 0 bridgehead atoms. The maximum atomic E-state index is 12.6. The number of aliphatic hydroxyl groups is 1. The van der Waals surface area contributed by atoms with E-state index in [-0.39, 0.29) is 6.10 Å². The molecule has 0 aromatic rings. The zero-order valence-electron chi connectivity index (χ0n) is 15.7. The van der Waals surface area contributed by atoms with E-state index < -0.39 is 41.8 Å². The van der Waals surface area contributed by atoms with Crippen molar-refractivity contribution < 1.29 is 28.9 Å². The lowest BCUT2D eigenvalue weighted by Gasteiger charge is -2.28. The van der Waals surface area contributed by atoms with Crippen LogP contribution in [0.3, 0.4) is 0 Å². The van der Waals surface area contributed by atoms with Crippen LogP contribution in [-0.2, 0) is 23.8 Å². The summed E-state index contributed by atoms with van der Waals surface area (Å²) in [6.45, 7) is 11.1. The van der Waals surface area contributed by atoms with Gasteiger partial charge in [-0.15, -0.1) is 0 Å². The predicted octanol–water partition coefficient (Wildman–Crippen LogP) is 2.22. The number of aliphatic hydroxyl groups excluding tert-OH is 1. The van der Waals surface area contributed by atoms with E-state index in [2.05, 4.69) is 6.58 Å². The first-order chi connectivity index (χ1) is 12.1. The number of esters is 2. The Morgan fingerprint density at radius 2 is 1.92 bits per heavy atom. The van der Waals surface area contributed by atoms with E-state index in [1.807, 2.05) is 26.8 Å². The zero-order chi connectivity index (χ0) is 19.2. The highest BCUT2D eigenvalue weighted by Gasteiger charge is 2.58. The quantitative estimate of drug-likeness (QED) is 0.351. The summed E-state index contributed by atoms with van der Waals surface area (Å²) < 4.78 is 16.6. The van der Waals surface area contributed by atoms with E-state index in [1.165, 1.54) is 0 Å². The molecule has 0 aromatic carbocycles. The second kappa shape index (κ2) is 6.67. The van der Waals surface area contributed by atoms with Crippen LogP contribution in [0, 0.1) is 5.92 Å². The number of rotatable bonds is 2. The van der Waals surface area contributed by atoms with E-state index >= 15 is 0 Å². The Balaban J connectivity index is 1.93. The summed E-state index contributed by atoms with van der Waals surface area (Å²) in [6.07, 6.45) is 2.41. The number of hydrogen-bond acceptors (Lipinski definition) is 6. The van der Waals surface area contributed by atoms with Gasteiger partial charge in [-0.1, -0.05) is 23.8 Å². The Morgan fingerprint density at radius 3 is 2.54 bits per heavy atom. The molecule has 3 rings (SSSR count). The monoisotopic (exact) mass is 362 g/mol. The van der Waals surface area contributed by atoms with Crippen LogP contribution in [0.1, 0.15) is 40.5 Å². The molecule has 0 aromatic heterocycles. The average molecular weight is 362 g/mol. The number of ether oxygens (including phenoxy) is 3. The molecule has 6 nitrogen and oxygen atoms in total. The molecule has 0 amide bonds. The molecular formula is C20H26O6. The second-order valence-corrected chi connectivity index (χ2v) is 7.73. The van der Waals surface area contributed by atoms with Crippen LogP contribution in [0.4, 0.5) is 0 Å². The van der Waals surface area contributed by atoms with Gasteiger partial charge < -0.3 is 19.3 Å². The fourth-order valence-electron chi connectivity index (χ4n) is 3.68. The minimum atomic E-state index is -0.946. The standard InChI is InChI=1S/C20H26O6/c1-10-6-14(21)7-11(2)9-16(25-19(23)20(5)13(4)26-20)17-12(3)18(22)24-15(17)8-10/h7-8,13-17,21H,3,6,9H2,1-2,4-5H3/b10-8+,11-7+/t13-,14-,15+,16+,17-,20-/m0/s1. The number of epoxide rings is 1. The molecule has 2 fully saturated rings. The van der Waals surface area contributed by atoms with Gasteiger partial charge in [0.1, 0.15) is 12.2 Å². The first-order valence-electron chi connectivity index (χ1n) is 8.93. The van der Waals surface area contributed by atoms with Crippen LogP contribution in [0.2, 0.25) is 0 Å². The Kier molecular flexibility index (Phi) is 4.84. The maximum absolute atomic E-state index is 12.6. The second-order valence-electron chi connectivity index (χ2n) is 7.73. The summed E-state index contributed by atoms with van der Waals surface area (Å²) in [5.74, 6) is -1.39. The van der Waals surface area contributed by atoms with Crippen molar-refractivity contribution in [1.82, 2.24) is 0 Å². The van der Waals surface area contributed by atoms with Gasteiger partial charge in [0.05, 0.1) is 18.1 Å². The summed E-state index contributed by atoms with van der Waals surface area (Å²) in [6, 6.07) is 0. The Hall–Kier alpha value is -1.92. The SMILES string of the molecule is C=C1C(=O)O[C@@H]2/C=C(\C)C[C@H](O)/C=C(\C)C[C@@H](OC(=O)[C@@]3(C)O[C@H]3C)[C@@H]12. The summed E-state index contributed by atoms with van der Waals surface area (Å²) in [7, 11) is 0. The van der Waals surface area contributed by atoms with Gasteiger partial charge in [-0.2, -0.15) is 0 Å². The van der Waals surface area contributed by atoms with Gasteiger partial charge >= 0.3 is 11.9 Å². The molecule has 0 saturated carbocycles. The molecule has 6 heteroatoms. The molecule has 0 radical (unpaired) electrons. The molecule has 1 N–H and O–H groups in total. The number of carbonyl (C=O) groups is 2. The Morgan fingerprint density at radius 1 is 1.31 bits per heavy atom. The van der Waals surface area contributed by atoms with Gasteiger partial charge in [0.25, 0.3) is 0 Å². The van der Waals surface area contributed by atoms with Crippen LogP contribution in [0.25, 0.3) is 0 Å². The number of carbonyl (C=O) groups excluding carboxylic acids is 2.